The third-order valence-electron chi connectivity index (χ3n) is 5.74. The molecule has 5 heteroatoms. The van der Waals surface area contributed by atoms with Crippen LogP contribution in [0.1, 0.15) is 37.0 Å². The predicted octanol–water partition coefficient (Wildman–Crippen LogP) is 4.80. The summed E-state index contributed by atoms with van der Waals surface area (Å²) < 4.78 is 5.60. The van der Waals surface area contributed by atoms with Crippen molar-refractivity contribution in [2.24, 2.45) is 0 Å². The average Bonchev–Trinajstić information content (AvgIpc) is 2.87. The number of nitrogens with zero attached hydrogens (tertiary/aromatic N) is 1. The number of ether oxygens (including phenoxy) is 1. The number of hydrogen-bond donors (Lipinski definition) is 1. The maximum absolute atomic E-state index is 13.6. The van der Waals surface area contributed by atoms with E-state index in [9.17, 15) is 9.59 Å². The van der Waals surface area contributed by atoms with Crippen molar-refractivity contribution in [2.75, 3.05) is 13.2 Å². The van der Waals surface area contributed by atoms with Crippen LogP contribution in [0.3, 0.4) is 0 Å². The van der Waals surface area contributed by atoms with E-state index in [2.05, 4.69) is 5.32 Å². The van der Waals surface area contributed by atoms with Gasteiger partial charge in [0, 0.05) is 26.1 Å². The minimum Gasteiger partial charge on any atom is -0.379 e. The largest absolute Gasteiger partial charge is 0.379 e. The minimum absolute atomic E-state index is 0.0701. The summed E-state index contributed by atoms with van der Waals surface area (Å²) in [5, 5.41) is 3.05. The van der Waals surface area contributed by atoms with Crippen molar-refractivity contribution in [3.8, 4) is 0 Å². The van der Waals surface area contributed by atoms with Gasteiger partial charge in [0.1, 0.15) is 6.04 Å². The zero-order valence-corrected chi connectivity index (χ0v) is 20.7. The smallest absolute Gasteiger partial charge is 0.243 e. The van der Waals surface area contributed by atoms with E-state index in [1.165, 1.54) is 0 Å². The quantitative estimate of drug-likeness (QED) is 0.364. The normalized spacial score (nSPS) is 11.7. The Hall–Kier alpha value is -3.44. The van der Waals surface area contributed by atoms with Crippen molar-refractivity contribution < 1.29 is 14.3 Å². The molecule has 3 aromatic rings. The number of amides is 2. The number of benzene rings is 3. The highest BCUT2D eigenvalue weighted by atomic mass is 16.5. The molecule has 2 amide bonds. The molecular weight excluding hydrogens is 436 g/mol. The summed E-state index contributed by atoms with van der Waals surface area (Å²) in [6.45, 7) is 5.45. The zero-order valence-electron chi connectivity index (χ0n) is 20.7. The van der Waals surface area contributed by atoms with Crippen LogP contribution >= 0.6 is 0 Å². The highest BCUT2D eigenvalue weighted by molar-refractivity contribution is 5.88. The Balaban J connectivity index is 1.83. The second-order valence-corrected chi connectivity index (χ2v) is 8.94. The van der Waals surface area contributed by atoms with Gasteiger partial charge in [-0.2, -0.15) is 0 Å². The monoisotopic (exact) mass is 472 g/mol. The van der Waals surface area contributed by atoms with Crippen molar-refractivity contribution in [1.29, 1.82) is 0 Å². The number of rotatable bonds is 13. The van der Waals surface area contributed by atoms with E-state index in [-0.39, 0.29) is 24.3 Å². The summed E-state index contributed by atoms with van der Waals surface area (Å²) in [6.07, 6.45) is 1.57. The average molecular weight is 473 g/mol. The topological polar surface area (TPSA) is 58.6 Å². The van der Waals surface area contributed by atoms with Crippen molar-refractivity contribution in [2.45, 2.75) is 51.8 Å². The van der Waals surface area contributed by atoms with Gasteiger partial charge in [-0.1, -0.05) is 91.0 Å². The van der Waals surface area contributed by atoms with Gasteiger partial charge in [0.25, 0.3) is 0 Å². The van der Waals surface area contributed by atoms with Crippen molar-refractivity contribution in [3.63, 3.8) is 0 Å². The van der Waals surface area contributed by atoms with Crippen LogP contribution in [-0.4, -0.2) is 42.0 Å². The van der Waals surface area contributed by atoms with Gasteiger partial charge in [-0.25, -0.2) is 0 Å². The Morgan fingerprint density at radius 3 is 1.91 bits per heavy atom. The number of hydrogen-bond acceptors (Lipinski definition) is 3. The number of carbonyl (C=O) groups is 2. The molecule has 35 heavy (non-hydrogen) atoms. The molecule has 1 N–H and O–H groups in total. The fourth-order valence-electron chi connectivity index (χ4n) is 3.93. The number of nitrogens with one attached hydrogen (secondary N) is 1. The summed E-state index contributed by atoms with van der Waals surface area (Å²) in [4.78, 5) is 28.8. The summed E-state index contributed by atoms with van der Waals surface area (Å²) in [7, 11) is 0. The SMILES string of the molecule is CC(C)OCCCNC(=O)[C@@H](Cc1ccccc1)N(Cc1ccccc1)C(=O)Cc1ccccc1. The lowest BCUT2D eigenvalue weighted by atomic mass is 10.0. The fourth-order valence-corrected chi connectivity index (χ4v) is 3.93. The summed E-state index contributed by atoms with van der Waals surface area (Å²) in [5.41, 5.74) is 2.94. The lowest BCUT2D eigenvalue weighted by Gasteiger charge is -2.31. The molecule has 0 fully saturated rings. The third kappa shape index (κ3) is 9.02. The van der Waals surface area contributed by atoms with E-state index in [0.717, 1.165) is 23.1 Å². The molecule has 3 aromatic carbocycles. The molecule has 5 nitrogen and oxygen atoms in total. The highest BCUT2D eigenvalue weighted by Crippen LogP contribution is 2.16. The van der Waals surface area contributed by atoms with Crippen molar-refractivity contribution in [3.05, 3.63) is 108 Å². The first-order valence-corrected chi connectivity index (χ1v) is 12.3. The van der Waals surface area contributed by atoms with E-state index >= 15 is 0 Å². The first-order chi connectivity index (χ1) is 17.0. The van der Waals surface area contributed by atoms with Crippen LogP contribution in [0.2, 0.25) is 0 Å². The second kappa shape index (κ2) is 14.1. The van der Waals surface area contributed by atoms with E-state index < -0.39 is 6.04 Å². The van der Waals surface area contributed by atoms with Gasteiger partial charge < -0.3 is 15.0 Å². The van der Waals surface area contributed by atoms with Crippen molar-refractivity contribution in [1.82, 2.24) is 10.2 Å². The van der Waals surface area contributed by atoms with Gasteiger partial charge in [-0.3, -0.25) is 9.59 Å². The molecular formula is C30H36N2O3. The van der Waals surface area contributed by atoms with Gasteiger partial charge in [0.15, 0.2) is 0 Å². The fraction of sp³-hybridized carbons (Fsp3) is 0.333. The maximum atomic E-state index is 13.6. The minimum atomic E-state index is -0.625. The molecule has 0 aromatic heterocycles. The van der Waals surface area contributed by atoms with E-state index in [4.69, 9.17) is 4.74 Å². The molecule has 0 saturated heterocycles. The molecule has 0 aliphatic rings. The van der Waals surface area contributed by atoms with E-state index in [1.807, 2.05) is 105 Å². The second-order valence-electron chi connectivity index (χ2n) is 8.94. The Bertz CT molecular complexity index is 1020. The highest BCUT2D eigenvalue weighted by Gasteiger charge is 2.30. The van der Waals surface area contributed by atoms with Gasteiger partial charge in [0.2, 0.25) is 11.8 Å². The number of carbonyl (C=O) groups excluding carboxylic acids is 2. The summed E-state index contributed by atoms with van der Waals surface area (Å²) in [6, 6.07) is 28.8. The molecule has 184 valence electrons. The van der Waals surface area contributed by atoms with Gasteiger partial charge >= 0.3 is 0 Å². The lowest BCUT2D eigenvalue weighted by Crippen LogP contribution is -2.51. The lowest BCUT2D eigenvalue weighted by molar-refractivity contribution is -0.140. The third-order valence-corrected chi connectivity index (χ3v) is 5.74. The van der Waals surface area contributed by atoms with Crippen LogP contribution < -0.4 is 5.32 Å². The van der Waals surface area contributed by atoms with Gasteiger partial charge in [0.05, 0.1) is 12.5 Å². The molecule has 3 rings (SSSR count). The van der Waals surface area contributed by atoms with Crippen molar-refractivity contribution >= 4 is 11.8 Å². The summed E-state index contributed by atoms with van der Waals surface area (Å²) in [5.74, 6) is -0.213. The molecule has 0 bridgehead atoms. The predicted molar refractivity (Wildman–Crippen MR) is 140 cm³/mol. The Kier molecular flexibility index (Phi) is 10.5. The maximum Gasteiger partial charge on any atom is 0.243 e. The van der Waals surface area contributed by atoms with Crippen LogP contribution in [0, 0.1) is 0 Å². The van der Waals surface area contributed by atoms with Crippen LogP contribution in [0.25, 0.3) is 0 Å². The first-order valence-electron chi connectivity index (χ1n) is 12.3. The molecule has 0 aliphatic carbocycles. The first kappa shape index (κ1) is 26.2. The molecule has 0 radical (unpaired) electrons. The Labute approximate surface area is 209 Å². The van der Waals surface area contributed by atoms with Crippen LogP contribution in [0.15, 0.2) is 91.0 Å². The Morgan fingerprint density at radius 2 is 1.34 bits per heavy atom. The standard InChI is InChI=1S/C30H36N2O3/c1-24(2)35-20-12-19-31-30(34)28(21-25-13-6-3-7-14-25)32(23-27-17-10-5-11-18-27)29(33)22-26-15-8-4-9-16-26/h3-11,13-18,24,28H,12,19-23H2,1-2H3,(H,31,34)/t28-/m1/s1. The van der Waals surface area contributed by atoms with Crippen LogP contribution in [-0.2, 0) is 33.7 Å². The van der Waals surface area contributed by atoms with E-state index in [0.29, 0.717) is 26.1 Å². The molecule has 0 saturated carbocycles. The molecule has 0 heterocycles. The van der Waals surface area contributed by atoms with Crippen LogP contribution in [0.5, 0.6) is 0 Å². The molecule has 0 aliphatic heterocycles. The van der Waals surface area contributed by atoms with Crippen LogP contribution in [0.4, 0.5) is 0 Å². The summed E-state index contributed by atoms with van der Waals surface area (Å²) >= 11 is 0. The van der Waals surface area contributed by atoms with Gasteiger partial charge in [-0.05, 0) is 37.0 Å². The molecule has 1 atom stereocenters. The Morgan fingerprint density at radius 1 is 0.800 bits per heavy atom. The molecule has 0 unspecified atom stereocenters. The van der Waals surface area contributed by atoms with Gasteiger partial charge in [-0.15, -0.1) is 0 Å². The zero-order chi connectivity index (χ0) is 24.9. The van der Waals surface area contributed by atoms with E-state index in [1.54, 1.807) is 4.90 Å². The molecule has 0 spiro atoms.